The van der Waals surface area contributed by atoms with E-state index in [0.717, 1.165) is 11.8 Å². The van der Waals surface area contributed by atoms with Gasteiger partial charge in [0.15, 0.2) is 0 Å². The van der Waals surface area contributed by atoms with Crippen molar-refractivity contribution in [3.8, 4) is 0 Å². The summed E-state index contributed by atoms with van der Waals surface area (Å²) in [4.78, 5) is 10.7. The number of carbonyl (C=O) groups excluding carboxylic acids is 1. The minimum atomic E-state index is -0.152. The number of hydrogen-bond donors (Lipinski definition) is 0. The lowest BCUT2D eigenvalue weighted by Gasteiger charge is -2.30. The molecule has 1 atom stereocenters. The van der Waals surface area contributed by atoms with Gasteiger partial charge in [-0.15, -0.1) is 0 Å². The molecule has 2 nitrogen and oxygen atoms in total. The predicted molar refractivity (Wildman–Crippen MR) is 56.9 cm³/mol. The molecule has 0 saturated heterocycles. The lowest BCUT2D eigenvalue weighted by Crippen LogP contribution is -2.23. The minimum Gasteiger partial charge on any atom is -0.466 e. The van der Waals surface area contributed by atoms with Gasteiger partial charge in [-0.05, 0) is 30.6 Å². The van der Waals surface area contributed by atoms with Crippen molar-refractivity contribution in [3.63, 3.8) is 0 Å². The van der Waals surface area contributed by atoms with Gasteiger partial charge in [0.1, 0.15) is 0 Å². The topological polar surface area (TPSA) is 26.3 Å². The Morgan fingerprint density at radius 1 is 1.36 bits per heavy atom. The highest BCUT2D eigenvalue weighted by atomic mass is 16.5. The highest BCUT2D eigenvalue weighted by Crippen LogP contribution is 2.33. The first kappa shape index (κ1) is 11.5. The first-order valence-corrected chi connectivity index (χ1v) is 5.73. The fourth-order valence-corrected chi connectivity index (χ4v) is 2.24. The average Bonchev–Trinajstić information content (AvgIpc) is 2.15. The van der Waals surface area contributed by atoms with Gasteiger partial charge < -0.3 is 4.74 Å². The van der Waals surface area contributed by atoms with Crippen molar-refractivity contribution >= 4 is 5.97 Å². The van der Waals surface area contributed by atoms with Crippen LogP contribution in [0.15, 0.2) is 0 Å². The number of carbonyl (C=O) groups is 1. The molecule has 0 radical (unpaired) electrons. The molecule has 0 bridgehead atoms. The van der Waals surface area contributed by atoms with Gasteiger partial charge in [-0.3, -0.25) is 4.79 Å². The smallest absolute Gasteiger partial charge is 0.302 e. The standard InChI is InChI=1S/C12H22O2/c1-9-4-6-12(7-5-9)10(2)8-14-11(3)13/h9-10,12H,4-8H2,1-3H3/t9?,10-,12?/m0/s1. The Kier molecular flexibility index (Phi) is 4.43. The number of ether oxygens (including phenoxy) is 1. The van der Waals surface area contributed by atoms with E-state index in [1.807, 2.05) is 0 Å². The Morgan fingerprint density at radius 2 is 1.93 bits per heavy atom. The summed E-state index contributed by atoms with van der Waals surface area (Å²) in [5.74, 6) is 2.05. The van der Waals surface area contributed by atoms with E-state index in [9.17, 15) is 4.79 Å². The summed E-state index contributed by atoms with van der Waals surface area (Å²) < 4.78 is 5.04. The van der Waals surface area contributed by atoms with Gasteiger partial charge in [0, 0.05) is 6.92 Å². The highest BCUT2D eigenvalue weighted by molar-refractivity contribution is 5.65. The molecule has 1 fully saturated rings. The summed E-state index contributed by atoms with van der Waals surface area (Å²) in [5, 5.41) is 0. The van der Waals surface area contributed by atoms with Crippen LogP contribution in [0.4, 0.5) is 0 Å². The third kappa shape index (κ3) is 3.69. The second-order valence-electron chi connectivity index (χ2n) is 4.80. The van der Waals surface area contributed by atoms with Gasteiger partial charge in [-0.1, -0.05) is 26.7 Å². The van der Waals surface area contributed by atoms with Crippen molar-refractivity contribution in [3.05, 3.63) is 0 Å². The third-order valence-electron chi connectivity index (χ3n) is 3.41. The SMILES string of the molecule is CC(=O)OC[C@H](C)C1CCC(C)CC1. The third-order valence-corrected chi connectivity index (χ3v) is 3.41. The van der Waals surface area contributed by atoms with E-state index in [-0.39, 0.29) is 5.97 Å². The second-order valence-corrected chi connectivity index (χ2v) is 4.80. The fourth-order valence-electron chi connectivity index (χ4n) is 2.24. The van der Waals surface area contributed by atoms with Crippen LogP contribution in [0.3, 0.4) is 0 Å². The summed E-state index contributed by atoms with van der Waals surface area (Å²) >= 11 is 0. The van der Waals surface area contributed by atoms with Crippen LogP contribution >= 0.6 is 0 Å². The zero-order valence-corrected chi connectivity index (χ0v) is 9.58. The van der Waals surface area contributed by atoms with E-state index < -0.39 is 0 Å². The van der Waals surface area contributed by atoms with Crippen LogP contribution in [0, 0.1) is 17.8 Å². The normalized spacial score (nSPS) is 29.6. The Morgan fingerprint density at radius 3 is 2.43 bits per heavy atom. The maximum Gasteiger partial charge on any atom is 0.302 e. The maximum absolute atomic E-state index is 10.7. The molecule has 0 aliphatic heterocycles. The lowest BCUT2D eigenvalue weighted by atomic mass is 9.77. The molecule has 1 rings (SSSR count). The van der Waals surface area contributed by atoms with Gasteiger partial charge in [-0.25, -0.2) is 0 Å². The van der Waals surface area contributed by atoms with E-state index in [4.69, 9.17) is 4.74 Å². The van der Waals surface area contributed by atoms with Crippen LogP contribution in [0.2, 0.25) is 0 Å². The molecule has 82 valence electrons. The molecule has 0 amide bonds. The molecule has 0 unspecified atom stereocenters. The molecular formula is C12H22O2. The molecule has 0 spiro atoms. The van der Waals surface area contributed by atoms with Crippen molar-refractivity contribution in [2.75, 3.05) is 6.61 Å². The minimum absolute atomic E-state index is 0.152. The average molecular weight is 198 g/mol. The first-order chi connectivity index (χ1) is 6.59. The predicted octanol–water partition coefficient (Wildman–Crippen LogP) is 3.01. The molecule has 0 aromatic rings. The van der Waals surface area contributed by atoms with E-state index in [1.54, 1.807) is 0 Å². The van der Waals surface area contributed by atoms with E-state index in [0.29, 0.717) is 12.5 Å². The first-order valence-electron chi connectivity index (χ1n) is 5.73. The summed E-state index contributed by atoms with van der Waals surface area (Å²) in [6, 6.07) is 0. The Balaban J connectivity index is 2.23. The van der Waals surface area contributed by atoms with Crippen molar-refractivity contribution in [1.82, 2.24) is 0 Å². The summed E-state index contributed by atoms with van der Waals surface area (Å²) in [6.07, 6.45) is 5.30. The Labute approximate surface area is 87.0 Å². The van der Waals surface area contributed by atoms with Crippen LogP contribution in [-0.2, 0) is 9.53 Å². The molecule has 0 aromatic carbocycles. The monoisotopic (exact) mass is 198 g/mol. The van der Waals surface area contributed by atoms with Crippen molar-refractivity contribution < 1.29 is 9.53 Å². The van der Waals surface area contributed by atoms with Gasteiger partial charge in [0.2, 0.25) is 0 Å². The molecule has 14 heavy (non-hydrogen) atoms. The van der Waals surface area contributed by atoms with Gasteiger partial charge in [0.25, 0.3) is 0 Å². The fraction of sp³-hybridized carbons (Fsp3) is 0.917. The van der Waals surface area contributed by atoms with Gasteiger partial charge >= 0.3 is 5.97 Å². The quantitative estimate of drug-likeness (QED) is 0.652. The zero-order valence-electron chi connectivity index (χ0n) is 9.58. The number of hydrogen-bond acceptors (Lipinski definition) is 2. The molecule has 1 saturated carbocycles. The van der Waals surface area contributed by atoms with Crippen molar-refractivity contribution in [2.45, 2.75) is 46.5 Å². The van der Waals surface area contributed by atoms with Crippen molar-refractivity contribution in [2.24, 2.45) is 17.8 Å². The molecule has 2 heteroatoms. The second kappa shape index (κ2) is 5.38. The maximum atomic E-state index is 10.7. The lowest BCUT2D eigenvalue weighted by molar-refractivity contribution is -0.142. The number of esters is 1. The van der Waals surface area contributed by atoms with Crippen LogP contribution in [-0.4, -0.2) is 12.6 Å². The van der Waals surface area contributed by atoms with Crippen molar-refractivity contribution in [1.29, 1.82) is 0 Å². The molecule has 1 aliphatic rings. The Hall–Kier alpha value is -0.530. The highest BCUT2D eigenvalue weighted by Gasteiger charge is 2.23. The van der Waals surface area contributed by atoms with E-state index in [2.05, 4.69) is 13.8 Å². The molecule has 0 aromatic heterocycles. The largest absolute Gasteiger partial charge is 0.466 e. The van der Waals surface area contributed by atoms with Crippen LogP contribution in [0.5, 0.6) is 0 Å². The zero-order chi connectivity index (χ0) is 10.6. The molecule has 0 N–H and O–H groups in total. The van der Waals surface area contributed by atoms with Crippen LogP contribution in [0.25, 0.3) is 0 Å². The van der Waals surface area contributed by atoms with Gasteiger partial charge in [0.05, 0.1) is 6.61 Å². The molecule has 1 aliphatic carbocycles. The van der Waals surface area contributed by atoms with E-state index >= 15 is 0 Å². The summed E-state index contributed by atoms with van der Waals surface area (Å²) in [7, 11) is 0. The summed E-state index contributed by atoms with van der Waals surface area (Å²) in [5.41, 5.74) is 0. The number of rotatable bonds is 3. The van der Waals surface area contributed by atoms with Gasteiger partial charge in [-0.2, -0.15) is 0 Å². The molecule has 0 heterocycles. The van der Waals surface area contributed by atoms with E-state index in [1.165, 1.54) is 32.6 Å². The summed E-state index contributed by atoms with van der Waals surface area (Å²) in [6.45, 7) is 6.61. The van der Waals surface area contributed by atoms with Crippen LogP contribution in [0.1, 0.15) is 46.5 Å². The molecular weight excluding hydrogens is 176 g/mol. The Bertz CT molecular complexity index is 181. The van der Waals surface area contributed by atoms with Crippen LogP contribution < -0.4 is 0 Å².